The number of nitrogens with zero attached hydrogens (tertiary/aromatic N) is 1. The second-order valence-corrected chi connectivity index (χ2v) is 6.47. The van der Waals surface area contributed by atoms with Crippen LogP contribution in [0.25, 0.3) is 0 Å². The number of halogens is 1. The van der Waals surface area contributed by atoms with Crippen molar-refractivity contribution in [1.82, 2.24) is 5.32 Å². The van der Waals surface area contributed by atoms with Crippen molar-refractivity contribution in [2.24, 2.45) is 0 Å². The first-order valence-electron chi connectivity index (χ1n) is 6.14. The Hall–Kier alpha value is -0.500. The van der Waals surface area contributed by atoms with Crippen LogP contribution in [-0.4, -0.2) is 17.8 Å². The number of nitriles is 1. The van der Waals surface area contributed by atoms with Crippen molar-refractivity contribution in [2.45, 2.75) is 37.1 Å². The van der Waals surface area contributed by atoms with Crippen LogP contribution in [0.1, 0.15) is 26.7 Å². The SMILES string of the molecule is CCNC(C)(C#N)CCCSc1cccc(Br)c1. The highest BCUT2D eigenvalue weighted by molar-refractivity contribution is 9.10. The average molecular weight is 327 g/mol. The van der Waals surface area contributed by atoms with Crippen molar-refractivity contribution in [3.05, 3.63) is 28.7 Å². The third-order valence-corrected chi connectivity index (χ3v) is 4.27. The summed E-state index contributed by atoms with van der Waals surface area (Å²) in [7, 11) is 0. The summed E-state index contributed by atoms with van der Waals surface area (Å²) in [6, 6.07) is 10.7. The van der Waals surface area contributed by atoms with Gasteiger partial charge in [0.05, 0.1) is 6.07 Å². The Morgan fingerprint density at radius 2 is 2.28 bits per heavy atom. The van der Waals surface area contributed by atoms with E-state index in [9.17, 15) is 0 Å². The zero-order chi connectivity index (χ0) is 13.4. The van der Waals surface area contributed by atoms with Gasteiger partial charge in [0.25, 0.3) is 0 Å². The van der Waals surface area contributed by atoms with Gasteiger partial charge >= 0.3 is 0 Å². The lowest BCUT2D eigenvalue weighted by atomic mass is 9.98. The van der Waals surface area contributed by atoms with Crippen LogP contribution in [0, 0.1) is 11.3 Å². The normalized spacial score (nSPS) is 13.9. The van der Waals surface area contributed by atoms with Gasteiger partial charge < -0.3 is 0 Å². The number of benzene rings is 1. The molecular formula is C14H19BrN2S. The van der Waals surface area contributed by atoms with E-state index in [4.69, 9.17) is 5.26 Å². The summed E-state index contributed by atoms with van der Waals surface area (Å²) >= 11 is 5.30. The Kier molecular flexibility index (Phi) is 6.77. The van der Waals surface area contributed by atoms with Crippen molar-refractivity contribution >= 4 is 27.7 Å². The molecule has 0 bridgehead atoms. The van der Waals surface area contributed by atoms with Crippen LogP contribution in [-0.2, 0) is 0 Å². The summed E-state index contributed by atoms with van der Waals surface area (Å²) < 4.78 is 1.11. The Bertz CT molecular complexity index is 417. The lowest BCUT2D eigenvalue weighted by Crippen LogP contribution is -2.40. The van der Waals surface area contributed by atoms with E-state index in [1.54, 1.807) is 0 Å². The van der Waals surface area contributed by atoms with E-state index in [1.807, 2.05) is 37.7 Å². The molecule has 2 nitrogen and oxygen atoms in total. The maximum Gasteiger partial charge on any atom is 0.103 e. The topological polar surface area (TPSA) is 35.8 Å². The minimum atomic E-state index is -0.382. The summed E-state index contributed by atoms with van der Waals surface area (Å²) in [5.74, 6) is 1.04. The molecule has 18 heavy (non-hydrogen) atoms. The maximum atomic E-state index is 9.14. The van der Waals surface area contributed by atoms with E-state index in [2.05, 4.69) is 39.4 Å². The number of thioether (sulfide) groups is 1. The number of nitrogens with one attached hydrogen (secondary N) is 1. The maximum absolute atomic E-state index is 9.14. The molecule has 1 rings (SSSR count). The summed E-state index contributed by atoms with van der Waals surface area (Å²) in [4.78, 5) is 1.27. The smallest absolute Gasteiger partial charge is 0.103 e. The molecule has 1 N–H and O–H groups in total. The van der Waals surface area contributed by atoms with Crippen molar-refractivity contribution in [3.8, 4) is 6.07 Å². The van der Waals surface area contributed by atoms with Gasteiger partial charge in [0, 0.05) is 9.37 Å². The molecule has 0 fully saturated rings. The molecule has 1 aromatic carbocycles. The lowest BCUT2D eigenvalue weighted by molar-refractivity contribution is 0.426. The Morgan fingerprint density at radius 3 is 2.89 bits per heavy atom. The fourth-order valence-corrected chi connectivity index (χ4v) is 3.21. The van der Waals surface area contributed by atoms with Gasteiger partial charge in [0.2, 0.25) is 0 Å². The molecule has 1 unspecified atom stereocenters. The predicted octanol–water partition coefficient (Wildman–Crippen LogP) is 4.21. The van der Waals surface area contributed by atoms with Gasteiger partial charge in [0.1, 0.15) is 5.54 Å². The second-order valence-electron chi connectivity index (χ2n) is 4.38. The summed E-state index contributed by atoms with van der Waals surface area (Å²) in [6.07, 6.45) is 1.92. The fraction of sp³-hybridized carbons (Fsp3) is 0.500. The molecule has 0 radical (unpaired) electrons. The molecule has 0 aliphatic heterocycles. The van der Waals surface area contributed by atoms with Gasteiger partial charge in [-0.05, 0) is 50.3 Å². The average Bonchev–Trinajstić information content (AvgIpc) is 2.35. The molecule has 0 aliphatic carbocycles. The van der Waals surface area contributed by atoms with Crippen LogP contribution in [0.15, 0.2) is 33.6 Å². The minimum absolute atomic E-state index is 0.382. The van der Waals surface area contributed by atoms with Crippen LogP contribution < -0.4 is 5.32 Å². The van der Waals surface area contributed by atoms with E-state index in [1.165, 1.54) is 4.90 Å². The molecule has 0 spiro atoms. The first-order valence-corrected chi connectivity index (χ1v) is 7.92. The standard InChI is InChI=1S/C14H19BrN2S/c1-3-17-14(2,11-16)8-5-9-18-13-7-4-6-12(15)10-13/h4,6-7,10,17H,3,5,8-9H2,1-2H3. The van der Waals surface area contributed by atoms with E-state index >= 15 is 0 Å². The van der Waals surface area contributed by atoms with Crippen LogP contribution in [0.3, 0.4) is 0 Å². The molecule has 0 amide bonds. The third-order valence-electron chi connectivity index (χ3n) is 2.70. The van der Waals surface area contributed by atoms with Crippen molar-refractivity contribution in [2.75, 3.05) is 12.3 Å². The molecular weight excluding hydrogens is 308 g/mol. The first kappa shape index (κ1) is 15.6. The monoisotopic (exact) mass is 326 g/mol. The van der Waals surface area contributed by atoms with Crippen molar-refractivity contribution < 1.29 is 0 Å². The first-order chi connectivity index (χ1) is 8.59. The Morgan fingerprint density at radius 1 is 1.50 bits per heavy atom. The van der Waals surface area contributed by atoms with Crippen LogP contribution in [0.2, 0.25) is 0 Å². The highest BCUT2D eigenvalue weighted by Gasteiger charge is 2.21. The zero-order valence-electron chi connectivity index (χ0n) is 10.9. The molecule has 0 saturated carbocycles. The van der Waals surface area contributed by atoms with Gasteiger partial charge in [-0.15, -0.1) is 11.8 Å². The van der Waals surface area contributed by atoms with E-state index in [0.717, 1.165) is 29.6 Å². The van der Waals surface area contributed by atoms with Crippen LogP contribution >= 0.6 is 27.7 Å². The quantitative estimate of drug-likeness (QED) is 0.602. The summed E-state index contributed by atoms with van der Waals surface area (Å²) in [5, 5.41) is 12.4. The third kappa shape index (κ3) is 5.43. The van der Waals surface area contributed by atoms with Gasteiger partial charge in [-0.25, -0.2) is 0 Å². The molecule has 98 valence electrons. The Balaban J connectivity index is 2.32. The molecule has 0 heterocycles. The molecule has 0 saturated heterocycles. The predicted molar refractivity (Wildman–Crippen MR) is 81.8 cm³/mol. The van der Waals surface area contributed by atoms with Crippen molar-refractivity contribution in [1.29, 1.82) is 5.26 Å². The number of rotatable bonds is 7. The van der Waals surface area contributed by atoms with E-state index in [0.29, 0.717) is 0 Å². The number of hydrogen-bond acceptors (Lipinski definition) is 3. The highest BCUT2D eigenvalue weighted by Crippen LogP contribution is 2.24. The summed E-state index contributed by atoms with van der Waals surface area (Å²) in [6.45, 7) is 4.84. The van der Waals surface area contributed by atoms with E-state index in [-0.39, 0.29) is 5.54 Å². The van der Waals surface area contributed by atoms with Crippen LogP contribution in [0.5, 0.6) is 0 Å². The molecule has 1 atom stereocenters. The molecule has 1 aromatic rings. The number of hydrogen-bond donors (Lipinski definition) is 1. The van der Waals surface area contributed by atoms with Gasteiger partial charge in [-0.2, -0.15) is 5.26 Å². The largest absolute Gasteiger partial charge is 0.300 e. The highest BCUT2D eigenvalue weighted by atomic mass is 79.9. The fourth-order valence-electron chi connectivity index (χ4n) is 1.75. The van der Waals surface area contributed by atoms with Gasteiger partial charge in [-0.3, -0.25) is 5.32 Å². The van der Waals surface area contributed by atoms with Gasteiger partial charge in [-0.1, -0.05) is 28.9 Å². The zero-order valence-corrected chi connectivity index (χ0v) is 13.3. The minimum Gasteiger partial charge on any atom is -0.300 e. The summed E-state index contributed by atoms with van der Waals surface area (Å²) in [5.41, 5.74) is -0.382. The second kappa shape index (κ2) is 7.83. The Labute approximate surface area is 122 Å². The molecule has 0 aliphatic rings. The van der Waals surface area contributed by atoms with Crippen LogP contribution in [0.4, 0.5) is 0 Å². The van der Waals surface area contributed by atoms with E-state index < -0.39 is 0 Å². The van der Waals surface area contributed by atoms with Gasteiger partial charge in [0.15, 0.2) is 0 Å². The lowest BCUT2D eigenvalue weighted by Gasteiger charge is -2.22. The molecule has 4 heteroatoms. The molecule has 0 aromatic heterocycles. The van der Waals surface area contributed by atoms with Crippen molar-refractivity contribution in [3.63, 3.8) is 0 Å².